The van der Waals surface area contributed by atoms with Gasteiger partial charge in [-0.1, -0.05) is 11.6 Å². The van der Waals surface area contributed by atoms with Gasteiger partial charge in [-0.3, -0.25) is 14.9 Å². The lowest BCUT2D eigenvalue weighted by atomic mass is 10.1. The van der Waals surface area contributed by atoms with E-state index in [-0.39, 0.29) is 21.6 Å². The topological polar surface area (TPSA) is 73.1 Å². The van der Waals surface area contributed by atoms with Gasteiger partial charge in [0.2, 0.25) is 5.82 Å². The minimum Gasteiger partial charge on any atom is -0.298 e. The zero-order chi connectivity index (χ0) is 12.6. The Hall–Kier alpha value is -2.08. The standard InChI is InChI=1S/C10H4ClFN2O3/c11-10-6(4-15)1-5-2-7(12)9(14(16)17)3-8(5)13-10/h1-4H. The lowest BCUT2D eigenvalue weighted by Crippen LogP contribution is -1.95. The molecule has 7 heteroatoms. The Morgan fingerprint density at radius 2 is 2.12 bits per heavy atom. The van der Waals surface area contributed by atoms with Crippen molar-refractivity contribution in [2.75, 3.05) is 0 Å². The van der Waals surface area contributed by atoms with E-state index in [1.54, 1.807) is 0 Å². The van der Waals surface area contributed by atoms with Crippen LogP contribution < -0.4 is 0 Å². The Labute approximate surface area is 99.0 Å². The second kappa shape index (κ2) is 4.06. The van der Waals surface area contributed by atoms with E-state index in [0.717, 1.165) is 12.1 Å². The highest BCUT2D eigenvalue weighted by atomic mass is 35.5. The second-order valence-corrected chi connectivity index (χ2v) is 3.60. The Balaban J connectivity index is 2.79. The molecule has 1 aromatic heterocycles. The van der Waals surface area contributed by atoms with Gasteiger partial charge in [0.25, 0.3) is 0 Å². The van der Waals surface area contributed by atoms with Gasteiger partial charge in [0.1, 0.15) is 5.15 Å². The van der Waals surface area contributed by atoms with Crippen LogP contribution in [-0.2, 0) is 0 Å². The fourth-order valence-electron chi connectivity index (χ4n) is 1.40. The van der Waals surface area contributed by atoms with Crippen molar-refractivity contribution < 1.29 is 14.1 Å². The van der Waals surface area contributed by atoms with Crippen molar-refractivity contribution in [3.63, 3.8) is 0 Å². The summed E-state index contributed by atoms with van der Waals surface area (Å²) in [4.78, 5) is 24.1. The third-order valence-electron chi connectivity index (χ3n) is 2.19. The van der Waals surface area contributed by atoms with Gasteiger partial charge in [-0.2, -0.15) is 4.39 Å². The summed E-state index contributed by atoms with van der Waals surface area (Å²) in [5.74, 6) is -0.983. The second-order valence-electron chi connectivity index (χ2n) is 3.24. The molecule has 1 heterocycles. The van der Waals surface area contributed by atoms with Crippen LogP contribution in [0.1, 0.15) is 10.4 Å². The van der Waals surface area contributed by atoms with Gasteiger partial charge in [0.05, 0.1) is 16.0 Å². The number of rotatable bonds is 2. The molecule has 0 saturated carbocycles. The van der Waals surface area contributed by atoms with Crippen molar-refractivity contribution in [3.05, 3.63) is 44.8 Å². The number of aldehydes is 1. The van der Waals surface area contributed by atoms with Crippen molar-refractivity contribution >= 4 is 34.5 Å². The smallest absolute Gasteiger partial charge is 0.298 e. The first kappa shape index (κ1) is 11.4. The molecule has 0 unspecified atom stereocenters. The number of benzene rings is 1. The highest BCUT2D eigenvalue weighted by Gasteiger charge is 2.16. The van der Waals surface area contributed by atoms with Crippen LogP contribution in [0.15, 0.2) is 18.2 Å². The number of pyridine rings is 1. The molecule has 1 aromatic carbocycles. The summed E-state index contributed by atoms with van der Waals surface area (Å²) in [6, 6.07) is 3.25. The van der Waals surface area contributed by atoms with Crippen LogP contribution >= 0.6 is 11.6 Å². The fraction of sp³-hybridized carbons (Fsp3) is 0. The van der Waals surface area contributed by atoms with Crippen molar-refractivity contribution in [3.8, 4) is 0 Å². The Bertz CT molecular complexity index is 645. The number of halogens is 2. The summed E-state index contributed by atoms with van der Waals surface area (Å²) in [5, 5.41) is 10.7. The van der Waals surface area contributed by atoms with E-state index in [1.807, 2.05) is 0 Å². The van der Waals surface area contributed by atoms with Crippen molar-refractivity contribution in [2.45, 2.75) is 0 Å². The maximum Gasteiger partial charge on any atom is 0.306 e. The molecule has 0 N–H and O–H groups in total. The molecule has 0 radical (unpaired) electrons. The number of nitro benzene ring substituents is 1. The maximum atomic E-state index is 13.3. The van der Waals surface area contributed by atoms with E-state index in [1.165, 1.54) is 6.07 Å². The first-order valence-corrected chi connectivity index (χ1v) is 4.80. The van der Waals surface area contributed by atoms with Crippen LogP contribution in [0.4, 0.5) is 10.1 Å². The number of nitro groups is 1. The van der Waals surface area contributed by atoms with E-state index in [0.29, 0.717) is 6.29 Å². The minimum absolute atomic E-state index is 0.0755. The molecule has 0 spiro atoms. The Morgan fingerprint density at radius 3 is 2.71 bits per heavy atom. The number of nitrogens with zero attached hydrogens (tertiary/aromatic N) is 2. The van der Waals surface area contributed by atoms with Crippen LogP contribution in [0, 0.1) is 15.9 Å². The molecule has 0 atom stereocenters. The first-order chi connectivity index (χ1) is 8.02. The summed E-state index contributed by atoms with van der Waals surface area (Å²) < 4.78 is 13.3. The normalized spacial score (nSPS) is 10.5. The molecule has 0 aliphatic heterocycles. The summed E-state index contributed by atoms with van der Waals surface area (Å²) in [6.07, 6.45) is 0.480. The summed E-state index contributed by atoms with van der Waals surface area (Å²) in [6.45, 7) is 0. The SMILES string of the molecule is O=Cc1cc2cc(F)c([N+](=O)[O-])cc2nc1Cl. The predicted octanol–water partition coefficient (Wildman–Crippen LogP) is 2.75. The first-order valence-electron chi connectivity index (χ1n) is 4.42. The number of aromatic nitrogens is 1. The third kappa shape index (κ3) is 1.94. The minimum atomic E-state index is -0.983. The van der Waals surface area contributed by atoms with E-state index in [2.05, 4.69) is 4.98 Å². The summed E-state index contributed by atoms with van der Waals surface area (Å²) in [7, 11) is 0. The van der Waals surface area contributed by atoms with E-state index in [4.69, 9.17) is 11.6 Å². The molecule has 5 nitrogen and oxygen atoms in total. The van der Waals surface area contributed by atoms with Crippen molar-refractivity contribution in [2.24, 2.45) is 0 Å². The zero-order valence-electron chi connectivity index (χ0n) is 8.18. The van der Waals surface area contributed by atoms with Gasteiger partial charge >= 0.3 is 5.69 Å². The van der Waals surface area contributed by atoms with Gasteiger partial charge < -0.3 is 0 Å². The average molecular weight is 255 g/mol. The molecule has 0 aliphatic rings. The molecule has 0 amide bonds. The molecule has 0 fully saturated rings. The summed E-state index contributed by atoms with van der Waals surface area (Å²) >= 11 is 5.67. The summed E-state index contributed by atoms with van der Waals surface area (Å²) in [5.41, 5.74) is -0.416. The highest BCUT2D eigenvalue weighted by molar-refractivity contribution is 6.32. The Morgan fingerprint density at radius 1 is 1.41 bits per heavy atom. The number of carbonyl (C=O) groups excluding carboxylic acids is 1. The largest absolute Gasteiger partial charge is 0.306 e. The number of fused-ring (bicyclic) bond motifs is 1. The van der Waals surface area contributed by atoms with Gasteiger partial charge in [-0.25, -0.2) is 4.98 Å². The highest BCUT2D eigenvalue weighted by Crippen LogP contribution is 2.26. The molecule has 2 aromatic rings. The molecule has 0 aliphatic carbocycles. The van der Waals surface area contributed by atoms with Crippen LogP contribution in [0.25, 0.3) is 10.9 Å². The van der Waals surface area contributed by atoms with Crippen LogP contribution in [0.5, 0.6) is 0 Å². The maximum absolute atomic E-state index is 13.3. The lowest BCUT2D eigenvalue weighted by Gasteiger charge is -2.01. The van der Waals surface area contributed by atoms with E-state index < -0.39 is 16.4 Å². The molecular formula is C10H4ClFN2O3. The van der Waals surface area contributed by atoms with Gasteiger partial charge in [0, 0.05) is 11.5 Å². The molecule has 2 rings (SSSR count). The van der Waals surface area contributed by atoms with Gasteiger partial charge in [-0.05, 0) is 12.1 Å². The average Bonchev–Trinajstić information content (AvgIpc) is 2.27. The zero-order valence-corrected chi connectivity index (χ0v) is 8.94. The molecular weight excluding hydrogens is 251 g/mol. The predicted molar refractivity (Wildman–Crippen MR) is 58.8 cm³/mol. The van der Waals surface area contributed by atoms with Crippen molar-refractivity contribution in [1.29, 1.82) is 0 Å². The van der Waals surface area contributed by atoms with Gasteiger partial charge in [-0.15, -0.1) is 0 Å². The quantitative estimate of drug-likeness (QED) is 0.357. The lowest BCUT2D eigenvalue weighted by molar-refractivity contribution is -0.387. The van der Waals surface area contributed by atoms with Crippen LogP contribution in [0.3, 0.4) is 0 Å². The molecule has 86 valence electrons. The third-order valence-corrected chi connectivity index (χ3v) is 2.49. The fourth-order valence-corrected chi connectivity index (χ4v) is 1.59. The molecule has 0 bridgehead atoms. The number of hydrogen-bond acceptors (Lipinski definition) is 4. The van der Waals surface area contributed by atoms with Crippen molar-refractivity contribution in [1.82, 2.24) is 4.98 Å². The monoisotopic (exact) mass is 254 g/mol. The number of hydrogen-bond donors (Lipinski definition) is 0. The van der Waals surface area contributed by atoms with E-state index >= 15 is 0 Å². The Kier molecular flexibility index (Phi) is 2.72. The number of carbonyl (C=O) groups is 1. The van der Waals surface area contributed by atoms with E-state index in [9.17, 15) is 19.3 Å². The molecule has 17 heavy (non-hydrogen) atoms. The van der Waals surface area contributed by atoms with Crippen LogP contribution in [0.2, 0.25) is 5.15 Å². The van der Waals surface area contributed by atoms with Gasteiger partial charge in [0.15, 0.2) is 6.29 Å². The molecule has 0 saturated heterocycles. The van der Waals surface area contributed by atoms with Crippen LogP contribution in [-0.4, -0.2) is 16.2 Å².